The Hall–Kier alpha value is -10.8. The normalized spacial score (nSPS) is 15.8. The zero-order chi connectivity index (χ0) is 58.6. The van der Waals surface area contributed by atoms with Gasteiger partial charge in [0, 0.05) is 67.4 Å². The molecule has 6 aliphatic rings. The van der Waals surface area contributed by atoms with Gasteiger partial charge in [0.1, 0.15) is 22.3 Å². The van der Waals surface area contributed by atoms with Gasteiger partial charge in [-0.2, -0.15) is 0 Å². The van der Waals surface area contributed by atoms with Crippen molar-refractivity contribution in [3.8, 4) is 66.8 Å². The zero-order valence-corrected chi connectivity index (χ0v) is 49.5. The number of furan rings is 2. The lowest BCUT2D eigenvalue weighted by Gasteiger charge is -2.33. The molecule has 0 bridgehead atoms. The van der Waals surface area contributed by atoms with E-state index in [1.165, 1.54) is 144 Å². The second-order valence-electron chi connectivity index (χ2n) is 26.7. The Labute approximate surface area is 514 Å². The van der Waals surface area contributed by atoms with Gasteiger partial charge in [-0.3, -0.25) is 4.98 Å². The van der Waals surface area contributed by atoms with Crippen molar-refractivity contribution in [2.45, 2.75) is 49.4 Å². The van der Waals surface area contributed by atoms with Crippen molar-refractivity contribution in [1.82, 2.24) is 4.98 Å². The van der Waals surface area contributed by atoms with Crippen LogP contribution in [0.25, 0.3) is 111 Å². The number of pyridine rings is 1. The van der Waals surface area contributed by atoms with E-state index in [2.05, 4.69) is 280 Å². The Bertz CT molecular complexity index is 5680. The molecule has 21 rings (SSSR count). The highest BCUT2D eigenvalue weighted by Crippen LogP contribution is 2.70. The van der Waals surface area contributed by atoms with Gasteiger partial charge < -0.3 is 13.7 Å². The second-order valence-corrected chi connectivity index (χ2v) is 26.7. The van der Waals surface area contributed by atoms with Crippen molar-refractivity contribution in [3.63, 3.8) is 0 Å². The summed E-state index contributed by atoms with van der Waals surface area (Å²) in [5, 5.41) is 4.69. The smallest absolute Gasteiger partial charge is 0.144 e. The molecule has 4 nitrogen and oxygen atoms in total. The van der Waals surface area contributed by atoms with E-state index in [1.807, 2.05) is 12.4 Å². The van der Waals surface area contributed by atoms with E-state index < -0.39 is 16.2 Å². The zero-order valence-electron chi connectivity index (χ0n) is 49.5. The highest BCUT2D eigenvalue weighted by atomic mass is 16.3. The molecule has 0 N–H and O–H groups in total. The van der Waals surface area contributed by atoms with Crippen LogP contribution in [0.4, 0.5) is 17.1 Å². The van der Waals surface area contributed by atoms with Crippen LogP contribution in [0.15, 0.2) is 264 Å². The van der Waals surface area contributed by atoms with Crippen LogP contribution in [0.5, 0.6) is 0 Å². The van der Waals surface area contributed by atoms with Crippen molar-refractivity contribution in [2.75, 3.05) is 4.90 Å². The summed E-state index contributed by atoms with van der Waals surface area (Å²) >= 11 is 0. The molecule has 416 valence electrons. The molecule has 0 radical (unpaired) electrons. The number of nitrogens with zero attached hydrogens (tertiary/aromatic N) is 2. The molecule has 0 saturated carbocycles. The highest BCUT2D eigenvalue weighted by Gasteiger charge is 2.57. The van der Waals surface area contributed by atoms with Gasteiger partial charge in [-0.15, -0.1) is 0 Å². The standard InChI is InChI=1S/C85H54N2O2/c1-82(2)61-26-12-9-23-55(61)76-77-58-25-11-18-32-72(58)89-81(77)78-56-36-34-48(43-67(56)83(3,4)80(78)79(76)82)87(47-39-41-86-42-40-47)49-33-35-54-59-45-70-60(46-69(59)85(68(54)44-49)64-29-15-7-21-52(64)53-22-8-16-30-65(53)85)74-66(37-38-73-75(74)57-24-10-17-31-71(57)88-73)84(70)62-27-13-5-19-50(62)51-20-6-14-28-63(51)84/h5-46H,1-4H3. The number of anilines is 3. The monoisotopic (exact) mass is 1130 g/mol. The van der Waals surface area contributed by atoms with Crippen molar-refractivity contribution in [1.29, 1.82) is 0 Å². The van der Waals surface area contributed by atoms with Crippen molar-refractivity contribution < 1.29 is 8.83 Å². The van der Waals surface area contributed by atoms with E-state index in [1.54, 1.807) is 0 Å². The molecule has 89 heavy (non-hydrogen) atoms. The largest absolute Gasteiger partial charge is 0.456 e. The first kappa shape index (κ1) is 48.3. The molecule has 0 saturated heterocycles. The maximum absolute atomic E-state index is 7.15. The molecule has 3 aromatic heterocycles. The lowest BCUT2D eigenvalue weighted by Crippen LogP contribution is -2.27. The molecule has 4 heteroatoms. The summed E-state index contributed by atoms with van der Waals surface area (Å²) in [5.41, 5.74) is 36.1. The van der Waals surface area contributed by atoms with E-state index in [0.29, 0.717) is 0 Å². The summed E-state index contributed by atoms with van der Waals surface area (Å²) in [5.74, 6) is 0. The topological polar surface area (TPSA) is 42.4 Å². The van der Waals surface area contributed by atoms with E-state index in [0.717, 1.165) is 50.2 Å². The minimum Gasteiger partial charge on any atom is -0.456 e. The summed E-state index contributed by atoms with van der Waals surface area (Å²) in [6.07, 6.45) is 3.86. The predicted molar refractivity (Wildman–Crippen MR) is 361 cm³/mol. The molecular weight excluding hydrogens is 1080 g/mol. The summed E-state index contributed by atoms with van der Waals surface area (Å²) in [4.78, 5) is 7.10. The number of hydrogen-bond donors (Lipinski definition) is 0. The van der Waals surface area contributed by atoms with Gasteiger partial charge in [-0.05, 0) is 195 Å². The number of fused-ring (bicyclic) bond motifs is 36. The molecule has 15 aromatic rings. The first-order chi connectivity index (χ1) is 43.7. The van der Waals surface area contributed by atoms with Crippen LogP contribution in [-0.2, 0) is 21.7 Å². The van der Waals surface area contributed by atoms with Crippen LogP contribution >= 0.6 is 0 Å². The van der Waals surface area contributed by atoms with Crippen LogP contribution < -0.4 is 4.90 Å². The SMILES string of the molecule is CC1(C)c2cc(N(c3ccncc3)c3ccc4c(c3)C3(c5ccccc5-c5ccccc53)c3cc5c(cc3-4)C3(c4ccccc4-c4ccccc43)c3ccc4oc6ccccc6c4c3-5)ccc2-c2c1c1c(c3c2oc2ccccc23)-c2ccccc2C1(C)C. The fourth-order valence-corrected chi connectivity index (χ4v) is 18.8. The molecule has 12 aromatic carbocycles. The predicted octanol–water partition coefficient (Wildman–Crippen LogP) is 21.6. The number of para-hydroxylation sites is 2. The molecule has 2 spiro atoms. The van der Waals surface area contributed by atoms with Crippen molar-refractivity contribution >= 4 is 60.9 Å². The first-order valence-electron chi connectivity index (χ1n) is 31.3. The Kier molecular flexibility index (Phi) is 8.81. The van der Waals surface area contributed by atoms with Gasteiger partial charge in [-0.25, -0.2) is 0 Å². The van der Waals surface area contributed by atoms with Crippen LogP contribution in [0.3, 0.4) is 0 Å². The van der Waals surface area contributed by atoms with E-state index in [9.17, 15) is 0 Å². The van der Waals surface area contributed by atoms with Crippen LogP contribution in [0.2, 0.25) is 0 Å². The molecule has 0 aliphatic heterocycles. The first-order valence-corrected chi connectivity index (χ1v) is 31.3. The average molecular weight is 1140 g/mol. The summed E-state index contributed by atoms with van der Waals surface area (Å²) < 4.78 is 14.0. The third-order valence-corrected chi connectivity index (χ3v) is 22.1. The van der Waals surface area contributed by atoms with E-state index in [4.69, 9.17) is 8.83 Å². The average Bonchev–Trinajstić information content (AvgIpc) is 1.51. The van der Waals surface area contributed by atoms with Gasteiger partial charge in [-0.1, -0.05) is 204 Å². The molecule has 0 atom stereocenters. The Morgan fingerprint density at radius 2 is 0.742 bits per heavy atom. The third kappa shape index (κ3) is 5.52. The number of aromatic nitrogens is 1. The highest BCUT2D eigenvalue weighted by molar-refractivity contribution is 6.21. The van der Waals surface area contributed by atoms with Crippen LogP contribution in [0.1, 0.15) is 94.5 Å². The maximum Gasteiger partial charge on any atom is 0.144 e. The second kappa shape index (κ2) is 16.2. The quantitative estimate of drug-likeness (QED) is 0.177. The number of hydrogen-bond acceptors (Lipinski definition) is 4. The summed E-state index contributed by atoms with van der Waals surface area (Å²) in [6.45, 7) is 9.75. The van der Waals surface area contributed by atoms with E-state index in [-0.39, 0.29) is 5.41 Å². The minimum absolute atomic E-state index is 0.251. The Morgan fingerprint density at radius 1 is 0.292 bits per heavy atom. The van der Waals surface area contributed by atoms with Crippen molar-refractivity contribution in [2.24, 2.45) is 0 Å². The van der Waals surface area contributed by atoms with Gasteiger partial charge in [0.05, 0.1) is 10.8 Å². The van der Waals surface area contributed by atoms with Crippen LogP contribution in [0, 0.1) is 0 Å². The third-order valence-electron chi connectivity index (χ3n) is 22.1. The number of rotatable bonds is 3. The lowest BCUT2D eigenvalue weighted by molar-refractivity contribution is 0.600. The minimum atomic E-state index is -0.676. The molecule has 0 amide bonds. The molecule has 0 unspecified atom stereocenters. The van der Waals surface area contributed by atoms with Crippen molar-refractivity contribution in [3.05, 3.63) is 322 Å². The summed E-state index contributed by atoms with van der Waals surface area (Å²) in [7, 11) is 0. The molecular formula is C85H54N2O2. The van der Waals surface area contributed by atoms with Crippen LogP contribution in [-0.4, -0.2) is 4.98 Å². The maximum atomic E-state index is 7.15. The summed E-state index contributed by atoms with van der Waals surface area (Å²) in [6, 6.07) is 91.9. The lowest BCUT2D eigenvalue weighted by atomic mass is 9.68. The molecule has 3 heterocycles. The van der Waals surface area contributed by atoms with Gasteiger partial charge in [0.25, 0.3) is 0 Å². The van der Waals surface area contributed by atoms with Gasteiger partial charge >= 0.3 is 0 Å². The fraction of sp³-hybridized carbons (Fsp3) is 0.0941. The Balaban J connectivity index is 0.829. The van der Waals surface area contributed by atoms with E-state index >= 15 is 0 Å². The Morgan fingerprint density at radius 3 is 1.38 bits per heavy atom. The molecule has 0 fully saturated rings. The molecule has 6 aliphatic carbocycles. The van der Waals surface area contributed by atoms with Gasteiger partial charge in [0.2, 0.25) is 0 Å². The van der Waals surface area contributed by atoms with Gasteiger partial charge in [0.15, 0.2) is 0 Å². The fourth-order valence-electron chi connectivity index (χ4n) is 18.8. The number of benzene rings is 12.